The molecule has 2 aromatic heterocycles. The van der Waals surface area contributed by atoms with Gasteiger partial charge in [-0.25, -0.2) is 4.98 Å². The van der Waals surface area contributed by atoms with Crippen LogP contribution >= 0.6 is 0 Å². The molecule has 3 heterocycles. The predicted octanol–water partition coefficient (Wildman–Crippen LogP) is -1.09. The molecule has 0 radical (unpaired) electrons. The topological polar surface area (TPSA) is 144 Å². The second-order valence-electron chi connectivity index (χ2n) is 5.00. The van der Waals surface area contributed by atoms with Crippen molar-refractivity contribution in [2.45, 2.75) is 24.5 Å². The lowest BCUT2D eigenvalue weighted by atomic mass is 10.1. The van der Waals surface area contributed by atoms with Crippen molar-refractivity contribution in [3.8, 4) is 0 Å². The standard InChI is InChI=1S/C12H18N6O4/c1-20-3-5-8(21-2)7(19)11(22-5)18-4-15-6-9(13)16-12(14)17-10(6)18/h4-5,7-8,11,19H,3H2,1-2H3,(H4,13,14,16,17). The van der Waals surface area contributed by atoms with E-state index >= 15 is 0 Å². The number of methoxy groups -OCH3 is 2. The molecule has 0 aromatic carbocycles. The summed E-state index contributed by atoms with van der Waals surface area (Å²) >= 11 is 0. The van der Waals surface area contributed by atoms with Crippen molar-refractivity contribution in [1.82, 2.24) is 19.5 Å². The van der Waals surface area contributed by atoms with Crippen molar-refractivity contribution in [3.05, 3.63) is 6.33 Å². The van der Waals surface area contributed by atoms with Gasteiger partial charge in [0.25, 0.3) is 0 Å². The van der Waals surface area contributed by atoms with Crippen LogP contribution in [-0.4, -0.2) is 63.8 Å². The highest BCUT2D eigenvalue weighted by Gasteiger charge is 2.45. The minimum Gasteiger partial charge on any atom is -0.386 e. The van der Waals surface area contributed by atoms with Gasteiger partial charge in [-0.05, 0) is 0 Å². The number of nitrogen functional groups attached to an aromatic ring is 2. The zero-order valence-corrected chi connectivity index (χ0v) is 12.2. The molecule has 0 bridgehead atoms. The Morgan fingerprint density at radius 3 is 2.82 bits per heavy atom. The molecule has 1 saturated heterocycles. The molecular formula is C12H18N6O4. The van der Waals surface area contributed by atoms with Gasteiger partial charge >= 0.3 is 0 Å². The van der Waals surface area contributed by atoms with Crippen LogP contribution in [0.1, 0.15) is 6.23 Å². The number of hydrogen-bond donors (Lipinski definition) is 3. The molecule has 4 unspecified atom stereocenters. The SMILES string of the molecule is COCC1OC(n2cnc3c(N)nc(N)nc32)C(O)C1OC. The number of aliphatic hydroxyl groups is 1. The number of nitrogens with zero attached hydrogens (tertiary/aromatic N) is 4. The fourth-order valence-corrected chi connectivity index (χ4v) is 2.68. The first-order valence-corrected chi connectivity index (χ1v) is 6.67. The number of imidazole rings is 1. The number of anilines is 2. The molecule has 5 N–H and O–H groups in total. The lowest BCUT2D eigenvalue weighted by molar-refractivity contribution is -0.0612. The van der Waals surface area contributed by atoms with Gasteiger partial charge in [0.2, 0.25) is 5.95 Å². The van der Waals surface area contributed by atoms with E-state index in [4.69, 9.17) is 25.7 Å². The first-order chi connectivity index (χ1) is 10.6. The van der Waals surface area contributed by atoms with Crippen LogP contribution in [0.5, 0.6) is 0 Å². The van der Waals surface area contributed by atoms with Gasteiger partial charge < -0.3 is 30.8 Å². The van der Waals surface area contributed by atoms with E-state index in [0.717, 1.165) is 0 Å². The maximum atomic E-state index is 10.5. The highest BCUT2D eigenvalue weighted by molar-refractivity contribution is 5.82. The number of aliphatic hydroxyl groups excluding tert-OH is 1. The molecule has 3 rings (SSSR count). The Bertz CT molecular complexity index is 677. The maximum absolute atomic E-state index is 10.5. The predicted molar refractivity (Wildman–Crippen MR) is 76.7 cm³/mol. The van der Waals surface area contributed by atoms with Crippen molar-refractivity contribution in [1.29, 1.82) is 0 Å². The van der Waals surface area contributed by atoms with E-state index in [2.05, 4.69) is 15.0 Å². The molecular weight excluding hydrogens is 292 g/mol. The lowest BCUT2D eigenvalue weighted by Gasteiger charge is -2.18. The minimum absolute atomic E-state index is 0.0240. The smallest absolute Gasteiger partial charge is 0.224 e. The van der Waals surface area contributed by atoms with Crippen LogP contribution < -0.4 is 11.5 Å². The molecule has 10 nitrogen and oxygen atoms in total. The minimum atomic E-state index is -0.917. The summed E-state index contributed by atoms with van der Waals surface area (Å²) in [6, 6.07) is 0. The first kappa shape index (κ1) is 14.9. The Balaban J connectivity index is 2.01. The van der Waals surface area contributed by atoms with Gasteiger partial charge in [-0.15, -0.1) is 0 Å². The van der Waals surface area contributed by atoms with Gasteiger partial charge in [0, 0.05) is 14.2 Å². The van der Waals surface area contributed by atoms with Gasteiger partial charge in [0.05, 0.1) is 12.9 Å². The zero-order chi connectivity index (χ0) is 15.9. The number of ether oxygens (including phenoxy) is 3. The Kier molecular flexibility index (Phi) is 3.83. The van der Waals surface area contributed by atoms with Crippen LogP contribution in [-0.2, 0) is 14.2 Å². The van der Waals surface area contributed by atoms with E-state index in [1.807, 2.05) is 0 Å². The number of rotatable bonds is 4. The largest absolute Gasteiger partial charge is 0.386 e. The number of fused-ring (bicyclic) bond motifs is 1. The summed E-state index contributed by atoms with van der Waals surface area (Å²) in [5, 5.41) is 10.5. The van der Waals surface area contributed by atoms with Gasteiger partial charge in [-0.1, -0.05) is 0 Å². The van der Waals surface area contributed by atoms with Crippen molar-refractivity contribution < 1.29 is 19.3 Å². The van der Waals surface area contributed by atoms with Crippen molar-refractivity contribution >= 4 is 22.9 Å². The van der Waals surface area contributed by atoms with Crippen LogP contribution in [0.15, 0.2) is 6.33 Å². The molecule has 0 spiro atoms. The normalized spacial score (nSPS) is 28.5. The third kappa shape index (κ3) is 2.25. The Hall–Kier alpha value is -2.01. The molecule has 1 fully saturated rings. The van der Waals surface area contributed by atoms with Crippen molar-refractivity contribution in [3.63, 3.8) is 0 Å². The van der Waals surface area contributed by atoms with E-state index < -0.39 is 24.5 Å². The lowest BCUT2D eigenvalue weighted by Crippen LogP contribution is -2.35. The number of aromatic nitrogens is 4. The number of nitrogens with two attached hydrogens (primary N) is 2. The summed E-state index contributed by atoms with van der Waals surface area (Å²) in [4.78, 5) is 12.1. The summed E-state index contributed by atoms with van der Waals surface area (Å²) in [7, 11) is 3.06. The van der Waals surface area contributed by atoms with Crippen LogP contribution in [0.2, 0.25) is 0 Å². The van der Waals surface area contributed by atoms with Crippen molar-refractivity contribution in [2.75, 3.05) is 32.3 Å². The van der Waals surface area contributed by atoms with Crippen LogP contribution in [0, 0.1) is 0 Å². The Morgan fingerprint density at radius 2 is 2.14 bits per heavy atom. The highest BCUT2D eigenvalue weighted by Crippen LogP contribution is 2.33. The third-order valence-electron chi connectivity index (χ3n) is 3.65. The van der Waals surface area contributed by atoms with E-state index in [0.29, 0.717) is 11.2 Å². The molecule has 120 valence electrons. The Morgan fingerprint density at radius 1 is 1.36 bits per heavy atom. The molecule has 1 aliphatic rings. The van der Waals surface area contributed by atoms with E-state index in [1.54, 1.807) is 11.7 Å². The third-order valence-corrected chi connectivity index (χ3v) is 3.65. The summed E-state index contributed by atoms with van der Waals surface area (Å²) in [6.45, 7) is 0.290. The molecule has 4 atom stereocenters. The molecule has 1 aliphatic heterocycles. The number of hydrogen-bond acceptors (Lipinski definition) is 9. The van der Waals surface area contributed by atoms with Crippen LogP contribution in [0.3, 0.4) is 0 Å². The summed E-state index contributed by atoms with van der Waals surface area (Å²) in [6.07, 6.45) is -1.11. The second kappa shape index (κ2) is 5.65. The van der Waals surface area contributed by atoms with E-state index in [-0.39, 0.29) is 18.4 Å². The highest BCUT2D eigenvalue weighted by atomic mass is 16.6. The maximum Gasteiger partial charge on any atom is 0.224 e. The van der Waals surface area contributed by atoms with E-state index in [9.17, 15) is 5.11 Å². The Labute approximate surface area is 126 Å². The first-order valence-electron chi connectivity index (χ1n) is 6.67. The average molecular weight is 310 g/mol. The second-order valence-corrected chi connectivity index (χ2v) is 5.00. The fraction of sp³-hybridized carbons (Fsp3) is 0.583. The van der Waals surface area contributed by atoms with Crippen molar-refractivity contribution in [2.24, 2.45) is 0 Å². The van der Waals surface area contributed by atoms with E-state index in [1.165, 1.54) is 13.4 Å². The quantitative estimate of drug-likeness (QED) is 0.641. The molecule has 2 aromatic rings. The van der Waals surface area contributed by atoms with Gasteiger partial charge in [0.1, 0.15) is 23.8 Å². The average Bonchev–Trinajstić information content (AvgIpc) is 3.01. The van der Waals surface area contributed by atoms with Gasteiger partial charge in [0.15, 0.2) is 17.7 Å². The van der Waals surface area contributed by atoms with Gasteiger partial charge in [-0.3, -0.25) is 4.57 Å². The fourth-order valence-electron chi connectivity index (χ4n) is 2.68. The molecule has 0 aliphatic carbocycles. The molecule has 0 saturated carbocycles. The summed E-state index contributed by atoms with van der Waals surface area (Å²) < 4.78 is 17.8. The zero-order valence-electron chi connectivity index (χ0n) is 12.2. The van der Waals surface area contributed by atoms with Crippen LogP contribution in [0.4, 0.5) is 11.8 Å². The van der Waals surface area contributed by atoms with Gasteiger partial charge in [-0.2, -0.15) is 9.97 Å². The molecule has 10 heteroatoms. The molecule has 22 heavy (non-hydrogen) atoms. The molecule has 0 amide bonds. The summed E-state index contributed by atoms with van der Waals surface area (Å²) in [5.74, 6) is 0.196. The summed E-state index contributed by atoms with van der Waals surface area (Å²) in [5.41, 5.74) is 12.2. The monoisotopic (exact) mass is 310 g/mol. The van der Waals surface area contributed by atoms with Crippen LogP contribution in [0.25, 0.3) is 11.2 Å².